The summed E-state index contributed by atoms with van der Waals surface area (Å²) in [5.41, 5.74) is 2.97. The molecule has 2 aromatic carbocycles. The minimum absolute atomic E-state index is 0.288. The van der Waals surface area contributed by atoms with Gasteiger partial charge in [-0.25, -0.2) is 4.79 Å². The maximum Gasteiger partial charge on any atom is 0.338 e. The standard InChI is InChI=1S/C18H18O4/c1-3-22-18(20)15-8-4-7-14(12-15)17-13(10-11-19)6-5-9-16(17)21-2/h4-9,11-12H,3,10H2,1-2H3. The van der Waals surface area contributed by atoms with E-state index in [1.54, 1.807) is 32.2 Å². The lowest BCUT2D eigenvalue weighted by molar-refractivity contribution is -0.107. The van der Waals surface area contributed by atoms with Crippen molar-refractivity contribution in [1.82, 2.24) is 0 Å². The average molecular weight is 298 g/mol. The number of esters is 1. The van der Waals surface area contributed by atoms with Gasteiger partial charge in [0.2, 0.25) is 0 Å². The summed E-state index contributed by atoms with van der Waals surface area (Å²) in [4.78, 5) is 22.8. The van der Waals surface area contributed by atoms with Gasteiger partial charge in [-0.1, -0.05) is 24.3 Å². The van der Waals surface area contributed by atoms with E-state index < -0.39 is 0 Å². The quantitative estimate of drug-likeness (QED) is 0.606. The summed E-state index contributed by atoms with van der Waals surface area (Å²) in [6, 6.07) is 12.7. The second-order valence-corrected chi connectivity index (χ2v) is 4.67. The van der Waals surface area contributed by atoms with Crippen molar-refractivity contribution in [3.63, 3.8) is 0 Å². The predicted octanol–water partition coefficient (Wildman–Crippen LogP) is 3.28. The van der Waals surface area contributed by atoms with Crippen molar-refractivity contribution in [3.8, 4) is 16.9 Å². The van der Waals surface area contributed by atoms with Crippen LogP contribution in [-0.2, 0) is 16.0 Å². The fraction of sp³-hybridized carbons (Fsp3) is 0.222. The van der Waals surface area contributed by atoms with Crippen LogP contribution < -0.4 is 4.74 Å². The molecule has 22 heavy (non-hydrogen) atoms. The van der Waals surface area contributed by atoms with Gasteiger partial charge in [0.05, 0.1) is 19.3 Å². The number of rotatable bonds is 6. The number of carbonyl (C=O) groups is 2. The van der Waals surface area contributed by atoms with E-state index >= 15 is 0 Å². The molecule has 0 radical (unpaired) electrons. The van der Waals surface area contributed by atoms with Gasteiger partial charge in [-0.3, -0.25) is 0 Å². The smallest absolute Gasteiger partial charge is 0.338 e. The minimum Gasteiger partial charge on any atom is -0.496 e. The summed E-state index contributed by atoms with van der Waals surface area (Å²) < 4.78 is 10.4. The Labute approximate surface area is 129 Å². The molecule has 2 rings (SSSR count). The highest BCUT2D eigenvalue weighted by molar-refractivity contribution is 5.91. The second kappa shape index (κ2) is 7.41. The van der Waals surface area contributed by atoms with E-state index in [1.165, 1.54) is 0 Å². The van der Waals surface area contributed by atoms with E-state index in [2.05, 4.69) is 0 Å². The third-order valence-corrected chi connectivity index (χ3v) is 3.30. The summed E-state index contributed by atoms with van der Waals surface area (Å²) in [6.07, 6.45) is 1.14. The highest BCUT2D eigenvalue weighted by Gasteiger charge is 2.14. The summed E-state index contributed by atoms with van der Waals surface area (Å²) >= 11 is 0. The van der Waals surface area contributed by atoms with Crippen molar-refractivity contribution in [1.29, 1.82) is 0 Å². The number of aldehydes is 1. The SMILES string of the molecule is CCOC(=O)c1cccc(-c2c(CC=O)cccc2OC)c1. The van der Waals surface area contributed by atoms with Crippen LogP contribution in [0.1, 0.15) is 22.8 Å². The topological polar surface area (TPSA) is 52.6 Å². The van der Waals surface area contributed by atoms with Crippen molar-refractivity contribution in [2.45, 2.75) is 13.3 Å². The number of methoxy groups -OCH3 is 1. The van der Waals surface area contributed by atoms with Crippen LogP contribution in [0.25, 0.3) is 11.1 Å². The molecule has 4 heteroatoms. The van der Waals surface area contributed by atoms with Crippen molar-refractivity contribution < 1.29 is 19.1 Å². The molecule has 0 saturated heterocycles. The number of hydrogen-bond donors (Lipinski definition) is 0. The van der Waals surface area contributed by atoms with Gasteiger partial charge >= 0.3 is 5.97 Å². The third kappa shape index (κ3) is 3.34. The van der Waals surface area contributed by atoms with Crippen LogP contribution in [0.5, 0.6) is 5.75 Å². The lowest BCUT2D eigenvalue weighted by atomic mass is 9.95. The highest BCUT2D eigenvalue weighted by atomic mass is 16.5. The summed E-state index contributed by atoms with van der Waals surface area (Å²) in [6.45, 7) is 2.10. The molecular formula is C18H18O4. The molecule has 0 spiro atoms. The fourth-order valence-electron chi connectivity index (χ4n) is 2.35. The molecule has 0 atom stereocenters. The molecule has 0 N–H and O–H groups in total. The third-order valence-electron chi connectivity index (χ3n) is 3.30. The molecule has 0 aromatic heterocycles. The maximum absolute atomic E-state index is 11.9. The van der Waals surface area contributed by atoms with Crippen molar-refractivity contribution in [2.24, 2.45) is 0 Å². The van der Waals surface area contributed by atoms with E-state index in [4.69, 9.17) is 9.47 Å². The van der Waals surface area contributed by atoms with Gasteiger partial charge in [0.1, 0.15) is 12.0 Å². The lowest BCUT2D eigenvalue weighted by Crippen LogP contribution is -2.04. The predicted molar refractivity (Wildman–Crippen MR) is 84.2 cm³/mol. The first kappa shape index (κ1) is 15.8. The van der Waals surface area contributed by atoms with Gasteiger partial charge in [-0.05, 0) is 36.2 Å². The van der Waals surface area contributed by atoms with Gasteiger partial charge in [0, 0.05) is 12.0 Å². The van der Waals surface area contributed by atoms with Crippen LogP contribution in [0.2, 0.25) is 0 Å². The van der Waals surface area contributed by atoms with E-state index in [0.29, 0.717) is 17.9 Å². The summed E-state index contributed by atoms with van der Waals surface area (Å²) in [7, 11) is 1.58. The Morgan fingerprint density at radius 1 is 1.18 bits per heavy atom. The molecule has 4 nitrogen and oxygen atoms in total. The Morgan fingerprint density at radius 3 is 2.64 bits per heavy atom. The van der Waals surface area contributed by atoms with Gasteiger partial charge in [-0.2, -0.15) is 0 Å². The Bertz CT molecular complexity index is 677. The minimum atomic E-state index is -0.365. The van der Waals surface area contributed by atoms with Gasteiger partial charge in [0.15, 0.2) is 0 Å². The first-order valence-corrected chi connectivity index (χ1v) is 7.08. The largest absolute Gasteiger partial charge is 0.496 e. The molecule has 0 heterocycles. The second-order valence-electron chi connectivity index (χ2n) is 4.67. The fourth-order valence-corrected chi connectivity index (χ4v) is 2.35. The van der Waals surface area contributed by atoms with Crippen molar-refractivity contribution >= 4 is 12.3 Å². The highest BCUT2D eigenvalue weighted by Crippen LogP contribution is 2.34. The molecule has 0 aliphatic heterocycles. The molecule has 0 aliphatic carbocycles. The van der Waals surface area contributed by atoms with E-state index in [0.717, 1.165) is 23.0 Å². The normalized spacial score (nSPS) is 10.1. The van der Waals surface area contributed by atoms with Crippen LogP contribution in [0.15, 0.2) is 42.5 Å². The Hall–Kier alpha value is -2.62. The van der Waals surface area contributed by atoms with Crippen LogP contribution in [0.3, 0.4) is 0 Å². The summed E-state index contributed by atoms with van der Waals surface area (Å²) in [5.74, 6) is 0.302. The average Bonchev–Trinajstić information content (AvgIpc) is 2.55. The number of ether oxygens (including phenoxy) is 2. The van der Waals surface area contributed by atoms with Crippen molar-refractivity contribution in [3.05, 3.63) is 53.6 Å². The maximum atomic E-state index is 11.9. The van der Waals surface area contributed by atoms with Crippen LogP contribution in [0, 0.1) is 0 Å². The zero-order valence-electron chi connectivity index (χ0n) is 12.7. The Balaban J connectivity index is 2.53. The molecule has 0 amide bonds. The van der Waals surface area contributed by atoms with Crippen LogP contribution >= 0.6 is 0 Å². The van der Waals surface area contributed by atoms with E-state index in [1.807, 2.05) is 24.3 Å². The van der Waals surface area contributed by atoms with E-state index in [-0.39, 0.29) is 12.4 Å². The molecule has 0 bridgehead atoms. The summed E-state index contributed by atoms with van der Waals surface area (Å²) in [5, 5.41) is 0. The lowest BCUT2D eigenvalue weighted by Gasteiger charge is -2.13. The number of carbonyl (C=O) groups excluding carboxylic acids is 2. The van der Waals surface area contributed by atoms with Crippen molar-refractivity contribution in [2.75, 3.05) is 13.7 Å². The first-order valence-electron chi connectivity index (χ1n) is 7.08. The molecular weight excluding hydrogens is 280 g/mol. The molecule has 0 fully saturated rings. The monoisotopic (exact) mass is 298 g/mol. The van der Waals surface area contributed by atoms with Crippen LogP contribution in [-0.4, -0.2) is 26.0 Å². The Kier molecular flexibility index (Phi) is 5.31. The van der Waals surface area contributed by atoms with Gasteiger partial charge < -0.3 is 14.3 Å². The molecule has 114 valence electrons. The van der Waals surface area contributed by atoms with Gasteiger partial charge in [-0.15, -0.1) is 0 Å². The Morgan fingerprint density at radius 2 is 1.95 bits per heavy atom. The molecule has 0 aliphatic rings. The first-order chi connectivity index (χ1) is 10.7. The van der Waals surface area contributed by atoms with E-state index in [9.17, 15) is 9.59 Å². The number of benzene rings is 2. The molecule has 0 saturated carbocycles. The zero-order valence-corrected chi connectivity index (χ0v) is 12.7. The zero-order chi connectivity index (χ0) is 15.9. The molecule has 2 aromatic rings. The number of hydrogen-bond acceptors (Lipinski definition) is 4. The van der Waals surface area contributed by atoms with Gasteiger partial charge in [0.25, 0.3) is 0 Å². The molecule has 0 unspecified atom stereocenters. The van der Waals surface area contributed by atoms with Crippen LogP contribution in [0.4, 0.5) is 0 Å².